The topological polar surface area (TPSA) is 62.4 Å². The smallest absolute Gasteiger partial charge is 0.269 e. The zero-order chi connectivity index (χ0) is 17.8. The maximum Gasteiger partial charge on any atom is 0.269 e. The summed E-state index contributed by atoms with van der Waals surface area (Å²) in [6, 6.07) is 7.26. The number of hydrogen-bond acceptors (Lipinski definition) is 3. The number of hydrogen-bond donors (Lipinski definition) is 3. The van der Waals surface area contributed by atoms with Crippen molar-refractivity contribution in [3.8, 4) is 0 Å². The second-order valence-electron chi connectivity index (χ2n) is 6.02. The van der Waals surface area contributed by atoms with Crippen LogP contribution in [0.1, 0.15) is 55.5 Å². The van der Waals surface area contributed by atoms with Gasteiger partial charge in [-0.05, 0) is 42.3 Å². The molecular formula is C18H29N3O2S. The minimum absolute atomic E-state index is 0.223. The molecule has 0 spiro atoms. The predicted octanol–water partition coefficient (Wildman–Crippen LogP) is 3.16. The molecule has 0 aliphatic rings. The van der Waals surface area contributed by atoms with E-state index in [4.69, 9.17) is 17.0 Å². The van der Waals surface area contributed by atoms with E-state index in [0.717, 1.165) is 12.1 Å². The van der Waals surface area contributed by atoms with Gasteiger partial charge in [-0.3, -0.25) is 15.6 Å². The number of unbranched alkanes of at least 4 members (excludes halogenated alkanes) is 2. The largest absolute Gasteiger partial charge is 0.380 e. The Morgan fingerprint density at radius 2 is 1.92 bits per heavy atom. The Hall–Kier alpha value is -1.66. The molecule has 0 aliphatic heterocycles. The van der Waals surface area contributed by atoms with Crippen molar-refractivity contribution in [1.82, 2.24) is 16.2 Å². The highest BCUT2D eigenvalue weighted by atomic mass is 32.1. The van der Waals surface area contributed by atoms with E-state index in [9.17, 15) is 4.79 Å². The summed E-state index contributed by atoms with van der Waals surface area (Å²) in [6.07, 6.45) is 4.93. The molecule has 0 saturated heterocycles. The zero-order valence-corrected chi connectivity index (χ0v) is 15.7. The summed E-state index contributed by atoms with van der Waals surface area (Å²) in [5, 5.41) is 3.56. The van der Waals surface area contributed by atoms with Gasteiger partial charge in [-0.1, -0.05) is 45.2 Å². The van der Waals surface area contributed by atoms with E-state index in [1.165, 1.54) is 25.7 Å². The summed E-state index contributed by atoms with van der Waals surface area (Å²) in [4.78, 5) is 12.0. The molecule has 1 aromatic carbocycles. The van der Waals surface area contributed by atoms with E-state index in [0.29, 0.717) is 23.2 Å². The number of benzene rings is 1. The minimum Gasteiger partial charge on any atom is -0.380 e. The third-order valence-corrected chi connectivity index (χ3v) is 3.97. The third-order valence-electron chi connectivity index (χ3n) is 3.73. The number of nitrogens with one attached hydrogen (secondary N) is 3. The van der Waals surface area contributed by atoms with Gasteiger partial charge in [-0.2, -0.15) is 0 Å². The van der Waals surface area contributed by atoms with Crippen LogP contribution in [0.25, 0.3) is 0 Å². The molecule has 3 N–H and O–H groups in total. The zero-order valence-electron chi connectivity index (χ0n) is 14.9. The number of amides is 1. The fourth-order valence-electron chi connectivity index (χ4n) is 2.26. The van der Waals surface area contributed by atoms with E-state index < -0.39 is 0 Å². The van der Waals surface area contributed by atoms with Crippen molar-refractivity contribution in [3.05, 3.63) is 35.4 Å². The lowest BCUT2D eigenvalue weighted by molar-refractivity contribution is 0.0943. The summed E-state index contributed by atoms with van der Waals surface area (Å²) in [5.41, 5.74) is 6.93. The highest BCUT2D eigenvalue weighted by Gasteiger charge is 2.07. The first-order chi connectivity index (χ1) is 11.6. The number of methoxy groups -OCH3 is 1. The first kappa shape index (κ1) is 20.4. The molecule has 0 aliphatic carbocycles. The van der Waals surface area contributed by atoms with Crippen LogP contribution in [-0.4, -0.2) is 24.7 Å². The van der Waals surface area contributed by atoms with Crippen LogP contribution in [0.5, 0.6) is 0 Å². The number of rotatable bonds is 9. The molecule has 1 rings (SSSR count). The quantitative estimate of drug-likeness (QED) is 0.362. The van der Waals surface area contributed by atoms with Crippen LogP contribution in [0, 0.1) is 5.92 Å². The molecule has 1 atom stereocenters. The molecular weight excluding hydrogens is 322 g/mol. The van der Waals surface area contributed by atoms with E-state index in [1.54, 1.807) is 19.2 Å². The summed E-state index contributed by atoms with van der Waals surface area (Å²) < 4.78 is 5.05. The molecule has 0 saturated carbocycles. The highest BCUT2D eigenvalue weighted by Crippen LogP contribution is 2.08. The molecule has 24 heavy (non-hydrogen) atoms. The molecule has 1 aromatic rings. The van der Waals surface area contributed by atoms with Gasteiger partial charge in [0.05, 0.1) is 6.61 Å². The van der Waals surface area contributed by atoms with E-state index in [-0.39, 0.29) is 5.91 Å². The Morgan fingerprint density at radius 1 is 1.21 bits per heavy atom. The summed E-state index contributed by atoms with van der Waals surface area (Å²) >= 11 is 5.18. The molecule has 134 valence electrons. The monoisotopic (exact) mass is 351 g/mol. The molecule has 0 unspecified atom stereocenters. The van der Waals surface area contributed by atoms with Crippen molar-refractivity contribution in [1.29, 1.82) is 0 Å². The average molecular weight is 352 g/mol. The molecule has 1 amide bonds. The Bertz CT molecular complexity index is 505. The fraction of sp³-hybridized carbons (Fsp3) is 0.556. The highest BCUT2D eigenvalue weighted by molar-refractivity contribution is 7.80. The van der Waals surface area contributed by atoms with Gasteiger partial charge < -0.3 is 10.1 Å². The molecule has 6 heteroatoms. The van der Waals surface area contributed by atoms with E-state index in [2.05, 4.69) is 30.0 Å². The second-order valence-corrected chi connectivity index (χ2v) is 6.43. The summed E-state index contributed by atoms with van der Waals surface area (Å²) in [5.74, 6) is 0.333. The minimum atomic E-state index is -0.223. The first-order valence-corrected chi connectivity index (χ1v) is 8.89. The lowest BCUT2D eigenvalue weighted by atomic mass is 10.0. The van der Waals surface area contributed by atoms with Gasteiger partial charge in [0.25, 0.3) is 5.91 Å². The van der Waals surface area contributed by atoms with Crippen LogP contribution in [0.2, 0.25) is 0 Å². The lowest BCUT2D eigenvalue weighted by Crippen LogP contribution is -2.47. The van der Waals surface area contributed by atoms with Gasteiger partial charge in [-0.15, -0.1) is 0 Å². The van der Waals surface area contributed by atoms with Gasteiger partial charge in [-0.25, -0.2) is 0 Å². The van der Waals surface area contributed by atoms with Crippen LogP contribution in [0.3, 0.4) is 0 Å². The summed E-state index contributed by atoms with van der Waals surface area (Å²) in [6.45, 7) is 5.74. The van der Waals surface area contributed by atoms with Crippen molar-refractivity contribution in [2.45, 2.75) is 46.1 Å². The molecule has 0 fully saturated rings. The van der Waals surface area contributed by atoms with E-state index >= 15 is 0 Å². The predicted molar refractivity (Wildman–Crippen MR) is 102 cm³/mol. The number of ether oxygens (including phenoxy) is 1. The Labute approximate surface area is 150 Å². The molecule has 0 aromatic heterocycles. The number of carbonyl (C=O) groups excluding carboxylic acids is 1. The van der Waals surface area contributed by atoms with Crippen LogP contribution in [0.15, 0.2) is 24.3 Å². The van der Waals surface area contributed by atoms with Crippen molar-refractivity contribution in [2.75, 3.05) is 13.7 Å². The Balaban J connectivity index is 2.26. The van der Waals surface area contributed by atoms with Gasteiger partial charge in [0, 0.05) is 19.2 Å². The second kappa shape index (κ2) is 11.8. The van der Waals surface area contributed by atoms with Gasteiger partial charge >= 0.3 is 0 Å². The van der Waals surface area contributed by atoms with Crippen LogP contribution in [-0.2, 0) is 11.3 Å². The number of hydrazine groups is 1. The van der Waals surface area contributed by atoms with E-state index in [1.807, 2.05) is 12.1 Å². The van der Waals surface area contributed by atoms with Crippen LogP contribution >= 0.6 is 12.2 Å². The Morgan fingerprint density at radius 3 is 2.54 bits per heavy atom. The molecule has 0 heterocycles. The van der Waals surface area contributed by atoms with Crippen LogP contribution in [0.4, 0.5) is 0 Å². The van der Waals surface area contributed by atoms with Gasteiger partial charge in [0.2, 0.25) is 0 Å². The molecule has 0 bridgehead atoms. The molecule has 0 radical (unpaired) electrons. The average Bonchev–Trinajstić information content (AvgIpc) is 2.59. The lowest BCUT2D eigenvalue weighted by Gasteiger charge is -2.15. The van der Waals surface area contributed by atoms with Crippen molar-refractivity contribution < 1.29 is 9.53 Å². The first-order valence-electron chi connectivity index (χ1n) is 8.48. The van der Waals surface area contributed by atoms with Gasteiger partial charge in [0.15, 0.2) is 5.11 Å². The third kappa shape index (κ3) is 8.26. The number of thiocarbonyl (C=S) groups is 1. The maximum atomic E-state index is 12.0. The maximum absolute atomic E-state index is 12.0. The van der Waals surface area contributed by atoms with Crippen molar-refractivity contribution >= 4 is 23.2 Å². The standard InChI is InChI=1S/C18H29N3O2S/c1-4-5-6-7-14(2)12-19-18(24)21-20-17(22)16-10-8-15(9-11-16)13-23-3/h8-11,14H,4-7,12-13H2,1-3H3,(H,20,22)(H2,19,21,24)/t14-/m0/s1. The fourth-order valence-corrected chi connectivity index (χ4v) is 2.40. The van der Waals surface area contributed by atoms with Crippen LogP contribution < -0.4 is 16.2 Å². The van der Waals surface area contributed by atoms with Gasteiger partial charge in [0.1, 0.15) is 0 Å². The Kier molecular flexibility index (Phi) is 10.0. The summed E-state index contributed by atoms with van der Waals surface area (Å²) in [7, 11) is 1.64. The number of carbonyl (C=O) groups is 1. The molecule has 5 nitrogen and oxygen atoms in total. The van der Waals surface area contributed by atoms with Crippen molar-refractivity contribution in [3.63, 3.8) is 0 Å². The SMILES string of the molecule is CCCCC[C@H](C)CNC(=S)NNC(=O)c1ccc(COC)cc1. The van der Waals surface area contributed by atoms with Crippen molar-refractivity contribution in [2.24, 2.45) is 5.92 Å². The normalized spacial score (nSPS) is 11.6.